The van der Waals surface area contributed by atoms with Gasteiger partial charge in [0.1, 0.15) is 17.5 Å². The second-order valence-corrected chi connectivity index (χ2v) is 10.7. The quantitative estimate of drug-likeness (QED) is 0.217. The summed E-state index contributed by atoms with van der Waals surface area (Å²) in [7, 11) is 1.63. The Hall–Kier alpha value is -4.25. The van der Waals surface area contributed by atoms with E-state index in [0.717, 1.165) is 39.4 Å². The summed E-state index contributed by atoms with van der Waals surface area (Å²) in [5, 5.41) is 6.82. The van der Waals surface area contributed by atoms with Gasteiger partial charge in [-0.15, -0.1) is 0 Å². The smallest absolute Gasteiger partial charge is 0.213 e. The first-order valence-electron chi connectivity index (χ1n) is 14.0. The lowest BCUT2D eigenvalue weighted by atomic mass is 9.91. The number of para-hydroxylation sites is 1. The molecular formula is C32H33FN6O3. The highest BCUT2D eigenvalue weighted by Gasteiger charge is 2.37. The van der Waals surface area contributed by atoms with Crippen LogP contribution in [0.3, 0.4) is 0 Å². The monoisotopic (exact) mass is 568 g/mol. The molecule has 1 fully saturated rings. The summed E-state index contributed by atoms with van der Waals surface area (Å²) in [6.45, 7) is 5.63. The predicted octanol–water partition coefficient (Wildman–Crippen LogP) is 5.09. The van der Waals surface area contributed by atoms with E-state index in [1.54, 1.807) is 24.4 Å². The van der Waals surface area contributed by atoms with E-state index in [4.69, 9.17) is 14.7 Å². The summed E-state index contributed by atoms with van der Waals surface area (Å²) in [4.78, 5) is 28.1. The van der Waals surface area contributed by atoms with Crippen LogP contribution in [0.2, 0.25) is 0 Å². The van der Waals surface area contributed by atoms with Gasteiger partial charge in [0.2, 0.25) is 5.95 Å². The van der Waals surface area contributed by atoms with Crippen LogP contribution in [-0.2, 0) is 20.8 Å². The zero-order valence-corrected chi connectivity index (χ0v) is 23.9. The third-order valence-electron chi connectivity index (χ3n) is 7.80. The van der Waals surface area contributed by atoms with Gasteiger partial charge in [-0.25, -0.2) is 14.6 Å². The average Bonchev–Trinajstić information content (AvgIpc) is 3.70. The molecule has 1 aliphatic heterocycles. The van der Waals surface area contributed by atoms with Crippen molar-refractivity contribution in [3.63, 3.8) is 0 Å². The molecule has 0 saturated carbocycles. The molecule has 9 nitrogen and oxygen atoms in total. The van der Waals surface area contributed by atoms with Crippen molar-refractivity contribution in [3.8, 4) is 16.9 Å². The fraction of sp³-hybridized carbons (Fsp3) is 0.312. The number of rotatable bonds is 10. The first kappa shape index (κ1) is 27.9. The van der Waals surface area contributed by atoms with Gasteiger partial charge < -0.3 is 9.14 Å². The highest BCUT2D eigenvalue weighted by Crippen LogP contribution is 2.37. The molecule has 0 bridgehead atoms. The average molecular weight is 569 g/mol. The van der Waals surface area contributed by atoms with E-state index >= 15 is 0 Å². The predicted molar refractivity (Wildman–Crippen MR) is 156 cm³/mol. The number of carbonyl (C=O) groups excluding carboxylic acids is 1. The molecule has 1 saturated heterocycles. The van der Waals surface area contributed by atoms with Gasteiger partial charge in [-0.2, -0.15) is 14.6 Å². The third-order valence-corrected chi connectivity index (χ3v) is 7.80. The number of hydroxylamine groups is 2. The number of nitrogens with zero attached hydrogens (tertiary/aromatic N) is 6. The van der Waals surface area contributed by atoms with E-state index in [1.165, 1.54) is 12.3 Å². The summed E-state index contributed by atoms with van der Waals surface area (Å²) in [5.74, 6) is -0.671. The first-order chi connectivity index (χ1) is 20.4. The Morgan fingerprint density at radius 1 is 1.12 bits per heavy atom. The van der Waals surface area contributed by atoms with Crippen LogP contribution in [0.1, 0.15) is 34.9 Å². The standard InChI is InChI=1S/C32H33FN6O3/c1-21-15-24(19-37-12-11-35-32(21)37)30-22(2)28(39(36-30)26-7-5-4-6-8-26)18-27(40)16-25-20-38(13-14-41-3)42-31(25)23-9-10-34-29(33)17-23/h4-12,15,17,19,25,31H,13-14,16,18,20H2,1-3H3/t25-,31+/m1/s1. The molecule has 1 aromatic carbocycles. The van der Waals surface area contributed by atoms with E-state index in [0.29, 0.717) is 25.3 Å². The van der Waals surface area contributed by atoms with E-state index in [1.807, 2.05) is 65.7 Å². The molecule has 0 N–H and O–H groups in total. The first-order valence-corrected chi connectivity index (χ1v) is 14.0. The van der Waals surface area contributed by atoms with Crippen LogP contribution < -0.4 is 0 Å². The number of hydrogen-bond donors (Lipinski definition) is 0. The number of aromatic nitrogens is 5. The highest BCUT2D eigenvalue weighted by molar-refractivity contribution is 5.82. The van der Waals surface area contributed by atoms with Crippen molar-refractivity contribution in [2.75, 3.05) is 26.8 Å². The normalized spacial score (nSPS) is 17.3. The minimum absolute atomic E-state index is 0.0599. The number of ketones is 1. The van der Waals surface area contributed by atoms with E-state index < -0.39 is 12.1 Å². The minimum atomic E-state index is -0.574. The lowest BCUT2D eigenvalue weighted by Crippen LogP contribution is -2.24. The molecule has 0 spiro atoms. The number of Topliss-reactive ketones (excluding diaryl/α,β-unsaturated/α-hetero) is 1. The number of imidazole rings is 1. The maximum atomic E-state index is 14.0. The maximum Gasteiger partial charge on any atom is 0.213 e. The van der Waals surface area contributed by atoms with Crippen LogP contribution in [0.25, 0.3) is 22.6 Å². The number of methoxy groups -OCH3 is 1. The Labute approximate surface area is 243 Å². The second kappa shape index (κ2) is 11.9. The van der Waals surface area contributed by atoms with Gasteiger partial charge in [0, 0.05) is 69.3 Å². The molecular weight excluding hydrogens is 535 g/mol. The molecule has 5 heterocycles. The molecule has 0 aliphatic carbocycles. The largest absolute Gasteiger partial charge is 0.383 e. The Morgan fingerprint density at radius 2 is 1.95 bits per heavy atom. The second-order valence-electron chi connectivity index (χ2n) is 10.7. The van der Waals surface area contributed by atoms with Crippen molar-refractivity contribution >= 4 is 11.4 Å². The molecule has 0 radical (unpaired) electrons. The fourth-order valence-corrected chi connectivity index (χ4v) is 5.77. The van der Waals surface area contributed by atoms with Crippen molar-refractivity contribution in [2.45, 2.75) is 32.8 Å². The number of fused-ring (bicyclic) bond motifs is 1. The van der Waals surface area contributed by atoms with Crippen LogP contribution >= 0.6 is 0 Å². The molecule has 4 aromatic heterocycles. The summed E-state index contributed by atoms with van der Waals surface area (Å²) >= 11 is 0. The molecule has 6 rings (SSSR count). The lowest BCUT2D eigenvalue weighted by Gasteiger charge is -2.17. The van der Waals surface area contributed by atoms with Crippen LogP contribution in [0.4, 0.5) is 4.39 Å². The van der Waals surface area contributed by atoms with E-state index in [9.17, 15) is 9.18 Å². The Balaban J connectivity index is 1.31. The SMILES string of the molecule is COCCN1C[C@@H](CC(=O)Cc2c(C)c(-c3cc(C)c4nccn4c3)nn2-c2ccccc2)[C@H](c2ccnc(F)c2)O1. The molecule has 0 amide bonds. The van der Waals surface area contributed by atoms with Gasteiger partial charge in [0.05, 0.1) is 23.7 Å². The summed E-state index contributed by atoms with van der Waals surface area (Å²) in [6.07, 6.45) is 7.17. The molecule has 0 unspecified atom stereocenters. The lowest BCUT2D eigenvalue weighted by molar-refractivity contribution is -0.155. The zero-order chi connectivity index (χ0) is 29.2. The van der Waals surface area contributed by atoms with Crippen molar-refractivity contribution in [1.29, 1.82) is 0 Å². The van der Waals surface area contributed by atoms with E-state index in [2.05, 4.69) is 16.0 Å². The Bertz CT molecular complexity index is 1720. The highest BCUT2D eigenvalue weighted by atomic mass is 19.1. The van der Waals surface area contributed by atoms with Crippen LogP contribution in [0, 0.1) is 25.7 Å². The summed E-state index contributed by atoms with van der Waals surface area (Å²) < 4.78 is 23.1. The number of pyridine rings is 2. The van der Waals surface area contributed by atoms with Crippen molar-refractivity contribution in [1.82, 2.24) is 29.2 Å². The number of benzene rings is 1. The number of hydrogen-bond acceptors (Lipinski definition) is 7. The number of aryl methyl sites for hydroxylation is 1. The van der Waals surface area contributed by atoms with Gasteiger partial charge in [0.15, 0.2) is 0 Å². The topological polar surface area (TPSA) is 86.8 Å². The third kappa shape index (κ3) is 5.61. The Morgan fingerprint density at radius 3 is 2.74 bits per heavy atom. The van der Waals surface area contributed by atoms with Gasteiger partial charge >= 0.3 is 0 Å². The van der Waals surface area contributed by atoms with Gasteiger partial charge in [-0.3, -0.25) is 9.63 Å². The minimum Gasteiger partial charge on any atom is -0.383 e. The van der Waals surface area contributed by atoms with Gasteiger partial charge in [-0.1, -0.05) is 18.2 Å². The van der Waals surface area contributed by atoms with Crippen molar-refractivity contribution in [3.05, 3.63) is 102 Å². The Kier molecular flexibility index (Phi) is 7.92. The summed E-state index contributed by atoms with van der Waals surface area (Å²) in [5.41, 5.74) is 7.05. The molecule has 216 valence electrons. The number of halogens is 1. The van der Waals surface area contributed by atoms with E-state index in [-0.39, 0.29) is 24.5 Å². The molecule has 2 atom stereocenters. The fourth-order valence-electron chi connectivity index (χ4n) is 5.77. The molecule has 10 heteroatoms. The summed E-state index contributed by atoms with van der Waals surface area (Å²) in [6, 6.07) is 15.1. The van der Waals surface area contributed by atoms with Gasteiger partial charge in [0.25, 0.3) is 0 Å². The molecule has 5 aromatic rings. The zero-order valence-electron chi connectivity index (χ0n) is 23.9. The van der Waals surface area contributed by atoms with Crippen molar-refractivity contribution in [2.24, 2.45) is 5.92 Å². The number of carbonyl (C=O) groups is 1. The maximum absolute atomic E-state index is 14.0. The molecule has 1 aliphatic rings. The van der Waals surface area contributed by atoms with Crippen LogP contribution in [0.15, 0.2) is 73.3 Å². The number of ether oxygens (including phenoxy) is 1. The van der Waals surface area contributed by atoms with Crippen LogP contribution in [-0.4, -0.2) is 61.8 Å². The molecule has 42 heavy (non-hydrogen) atoms. The van der Waals surface area contributed by atoms with Crippen LogP contribution in [0.5, 0.6) is 0 Å². The van der Waals surface area contributed by atoms with Gasteiger partial charge in [-0.05, 0) is 60.9 Å². The van der Waals surface area contributed by atoms with Crippen molar-refractivity contribution < 1.29 is 18.8 Å².